The highest BCUT2D eigenvalue weighted by molar-refractivity contribution is 7.99. The maximum atomic E-state index is 12.3. The fourth-order valence-electron chi connectivity index (χ4n) is 1.99. The maximum absolute atomic E-state index is 12.3. The lowest BCUT2D eigenvalue weighted by atomic mass is 10.2. The van der Waals surface area contributed by atoms with Gasteiger partial charge in [-0.3, -0.25) is 4.79 Å². The molecule has 9 heteroatoms. The normalized spacial score (nSPS) is 12.9. The number of thiophene rings is 1. The van der Waals surface area contributed by atoms with E-state index in [9.17, 15) is 4.79 Å². The summed E-state index contributed by atoms with van der Waals surface area (Å²) in [6.07, 6.45) is 1.43. The second-order valence-electron chi connectivity index (χ2n) is 4.70. The van der Waals surface area contributed by atoms with Gasteiger partial charge in [-0.25, -0.2) is 9.66 Å². The van der Waals surface area contributed by atoms with Crippen LogP contribution in [0.3, 0.4) is 0 Å². The lowest BCUT2D eigenvalue weighted by molar-refractivity contribution is 0.832. The van der Waals surface area contributed by atoms with Gasteiger partial charge in [-0.15, -0.1) is 21.5 Å². The molecule has 0 radical (unpaired) electrons. The van der Waals surface area contributed by atoms with Crippen molar-refractivity contribution in [1.82, 2.24) is 24.8 Å². The zero-order valence-corrected chi connectivity index (χ0v) is 13.4. The van der Waals surface area contributed by atoms with Gasteiger partial charge in [0.1, 0.15) is 17.0 Å². The Hall–Kier alpha value is -1.87. The Bertz CT molecular complexity index is 864. The van der Waals surface area contributed by atoms with E-state index < -0.39 is 0 Å². The number of nitrogens with two attached hydrogens (primary N) is 1. The highest BCUT2D eigenvalue weighted by atomic mass is 32.2. The lowest BCUT2D eigenvalue weighted by Gasteiger charge is -2.09. The summed E-state index contributed by atoms with van der Waals surface area (Å²) in [4.78, 5) is 21.6. The number of aromatic amines is 1. The van der Waals surface area contributed by atoms with Crippen LogP contribution in [0.5, 0.6) is 0 Å². The van der Waals surface area contributed by atoms with Crippen molar-refractivity contribution in [1.29, 1.82) is 0 Å². The van der Waals surface area contributed by atoms with Gasteiger partial charge in [0.25, 0.3) is 5.56 Å². The third-order valence-corrected chi connectivity index (χ3v) is 5.45. The van der Waals surface area contributed by atoms with Crippen LogP contribution < -0.4 is 11.4 Å². The van der Waals surface area contributed by atoms with Crippen LogP contribution in [-0.4, -0.2) is 24.8 Å². The van der Waals surface area contributed by atoms with Crippen molar-refractivity contribution in [3.05, 3.63) is 32.9 Å². The SMILES string of the molecule is Cc1sc2nc([C@@H](C)Sc3nncn3N)[nH]c(=O)c2c1C. The standard InChI is InChI=1S/C12H14N6OS2/c1-5-6(2)20-11-8(5)10(19)15-9(16-11)7(3)21-12-17-14-4-18(12)13/h4,7H,13H2,1-3H3,(H,15,16,19)/t7-/m1/s1. The van der Waals surface area contributed by atoms with Crippen molar-refractivity contribution in [3.8, 4) is 0 Å². The molecule has 0 saturated heterocycles. The monoisotopic (exact) mass is 322 g/mol. The number of hydrogen-bond acceptors (Lipinski definition) is 7. The van der Waals surface area contributed by atoms with Gasteiger partial charge >= 0.3 is 0 Å². The molecule has 0 aliphatic heterocycles. The minimum absolute atomic E-state index is 0.0867. The number of nitrogens with zero attached hydrogens (tertiary/aromatic N) is 4. The number of nitrogen functional groups attached to an aromatic ring is 1. The fraction of sp³-hybridized carbons (Fsp3) is 0.333. The fourth-order valence-corrected chi connectivity index (χ4v) is 3.83. The van der Waals surface area contributed by atoms with E-state index in [1.165, 1.54) is 34.1 Å². The van der Waals surface area contributed by atoms with Crippen LogP contribution in [0.4, 0.5) is 0 Å². The van der Waals surface area contributed by atoms with Crippen molar-refractivity contribution in [2.24, 2.45) is 0 Å². The van der Waals surface area contributed by atoms with Crippen molar-refractivity contribution < 1.29 is 0 Å². The van der Waals surface area contributed by atoms with E-state index in [-0.39, 0.29) is 10.8 Å². The summed E-state index contributed by atoms with van der Waals surface area (Å²) < 4.78 is 1.34. The number of aromatic nitrogens is 5. The Morgan fingerprint density at radius 3 is 2.90 bits per heavy atom. The molecule has 0 saturated carbocycles. The summed E-state index contributed by atoms with van der Waals surface area (Å²) in [5, 5.41) is 8.81. The Kier molecular flexibility index (Phi) is 3.46. The molecule has 3 N–H and O–H groups in total. The largest absolute Gasteiger partial charge is 0.336 e. The first kappa shape index (κ1) is 14.1. The first-order valence-corrected chi connectivity index (χ1v) is 7.98. The highest BCUT2D eigenvalue weighted by Gasteiger charge is 2.17. The smallest absolute Gasteiger partial charge is 0.259 e. The molecule has 0 bridgehead atoms. The molecule has 0 fully saturated rings. The molecule has 0 unspecified atom stereocenters. The number of nitrogens with one attached hydrogen (secondary N) is 1. The Morgan fingerprint density at radius 1 is 1.48 bits per heavy atom. The third kappa shape index (κ3) is 2.42. The summed E-state index contributed by atoms with van der Waals surface area (Å²) in [5.41, 5.74) is 0.899. The Balaban J connectivity index is 2.01. The van der Waals surface area contributed by atoms with Crippen LogP contribution >= 0.6 is 23.1 Å². The molecule has 3 aromatic heterocycles. The minimum Gasteiger partial charge on any atom is -0.336 e. The van der Waals surface area contributed by atoms with E-state index in [0.717, 1.165) is 15.3 Å². The Labute approximate surface area is 128 Å². The third-order valence-electron chi connectivity index (χ3n) is 3.26. The zero-order chi connectivity index (χ0) is 15.1. The first-order valence-electron chi connectivity index (χ1n) is 6.29. The van der Waals surface area contributed by atoms with Crippen molar-refractivity contribution >= 4 is 33.3 Å². The van der Waals surface area contributed by atoms with Gasteiger partial charge in [0.2, 0.25) is 5.16 Å². The van der Waals surface area contributed by atoms with Crippen LogP contribution in [0.1, 0.15) is 28.4 Å². The van der Waals surface area contributed by atoms with E-state index in [1.54, 1.807) is 0 Å². The molecule has 3 heterocycles. The second-order valence-corrected chi connectivity index (χ2v) is 7.21. The first-order chi connectivity index (χ1) is 9.97. The summed E-state index contributed by atoms with van der Waals surface area (Å²) in [5.74, 6) is 6.30. The van der Waals surface area contributed by atoms with Crippen molar-refractivity contribution in [2.45, 2.75) is 31.2 Å². The maximum Gasteiger partial charge on any atom is 0.259 e. The molecule has 110 valence electrons. The molecule has 3 aromatic rings. The molecule has 0 aliphatic carbocycles. The molecular formula is C12H14N6OS2. The van der Waals surface area contributed by atoms with Crippen LogP contribution in [0.15, 0.2) is 16.3 Å². The molecule has 3 rings (SSSR count). The minimum atomic E-state index is -0.0986. The average molecular weight is 322 g/mol. The van der Waals surface area contributed by atoms with E-state index in [1.807, 2.05) is 20.8 Å². The molecule has 0 aromatic carbocycles. The van der Waals surface area contributed by atoms with Crippen LogP contribution in [0.25, 0.3) is 10.2 Å². The molecule has 21 heavy (non-hydrogen) atoms. The van der Waals surface area contributed by atoms with Gasteiger partial charge in [0.15, 0.2) is 0 Å². The number of hydrogen-bond donors (Lipinski definition) is 2. The number of fused-ring (bicyclic) bond motifs is 1. The number of aryl methyl sites for hydroxylation is 2. The van der Waals surface area contributed by atoms with Gasteiger partial charge in [-0.1, -0.05) is 11.8 Å². The summed E-state index contributed by atoms with van der Waals surface area (Å²) >= 11 is 2.93. The van der Waals surface area contributed by atoms with Gasteiger partial charge in [-0.2, -0.15) is 0 Å². The zero-order valence-electron chi connectivity index (χ0n) is 11.7. The Morgan fingerprint density at radius 2 is 2.24 bits per heavy atom. The lowest BCUT2D eigenvalue weighted by Crippen LogP contribution is -2.13. The van der Waals surface area contributed by atoms with E-state index in [0.29, 0.717) is 16.4 Å². The highest BCUT2D eigenvalue weighted by Crippen LogP contribution is 2.32. The number of thioether (sulfide) groups is 1. The average Bonchev–Trinajstić information content (AvgIpc) is 2.95. The molecule has 0 amide bonds. The van der Waals surface area contributed by atoms with E-state index in [4.69, 9.17) is 5.84 Å². The van der Waals surface area contributed by atoms with Crippen LogP contribution in [-0.2, 0) is 0 Å². The number of H-pyrrole nitrogens is 1. The summed E-state index contributed by atoms with van der Waals surface area (Å²) in [6.45, 7) is 5.88. The van der Waals surface area contributed by atoms with E-state index >= 15 is 0 Å². The predicted molar refractivity (Wildman–Crippen MR) is 84.2 cm³/mol. The van der Waals surface area contributed by atoms with Gasteiger partial charge < -0.3 is 10.8 Å². The van der Waals surface area contributed by atoms with Gasteiger partial charge in [-0.05, 0) is 26.3 Å². The molecule has 7 nitrogen and oxygen atoms in total. The van der Waals surface area contributed by atoms with Gasteiger partial charge in [0, 0.05) is 4.88 Å². The molecule has 1 atom stereocenters. The van der Waals surface area contributed by atoms with Crippen molar-refractivity contribution in [2.75, 3.05) is 5.84 Å². The summed E-state index contributed by atoms with van der Waals surface area (Å²) in [6, 6.07) is 0. The molecule has 0 spiro atoms. The molecule has 0 aliphatic rings. The van der Waals surface area contributed by atoms with Crippen LogP contribution in [0, 0.1) is 13.8 Å². The van der Waals surface area contributed by atoms with Crippen LogP contribution in [0.2, 0.25) is 0 Å². The van der Waals surface area contributed by atoms with Gasteiger partial charge in [0.05, 0.1) is 10.6 Å². The molecular weight excluding hydrogens is 308 g/mol. The van der Waals surface area contributed by atoms with E-state index in [2.05, 4.69) is 20.2 Å². The van der Waals surface area contributed by atoms with Crippen molar-refractivity contribution in [3.63, 3.8) is 0 Å². The second kappa shape index (κ2) is 5.15. The summed E-state index contributed by atoms with van der Waals surface area (Å²) in [7, 11) is 0. The predicted octanol–water partition coefficient (Wildman–Crippen LogP) is 1.76. The number of rotatable bonds is 3. The quantitative estimate of drug-likeness (QED) is 0.562. The topological polar surface area (TPSA) is 102 Å².